The Labute approximate surface area is 207 Å². The first-order chi connectivity index (χ1) is 16.9. The van der Waals surface area contributed by atoms with Gasteiger partial charge in [-0.1, -0.05) is 72.8 Å². The third-order valence-electron chi connectivity index (χ3n) is 6.79. The van der Waals surface area contributed by atoms with Gasteiger partial charge in [0.1, 0.15) is 0 Å². The molecule has 2 heterocycles. The number of rotatable bonds is 2. The molecule has 0 bridgehead atoms. The van der Waals surface area contributed by atoms with Crippen molar-refractivity contribution in [3.8, 4) is 0 Å². The fraction of sp³-hybridized carbons (Fsp3) is 0.0625. The smallest absolute Gasteiger partial charge is 0.0619 e. The Kier molecular flexibility index (Phi) is 4.89. The molecule has 2 heteroatoms. The van der Waals surface area contributed by atoms with Crippen LogP contribution in [0.2, 0.25) is 0 Å². The van der Waals surface area contributed by atoms with Gasteiger partial charge in [0.25, 0.3) is 0 Å². The minimum atomic E-state index is -0.0664. The zero-order valence-corrected chi connectivity index (χ0v) is 20.4. The Morgan fingerprint density at radius 3 is 1.18 bits per heavy atom. The summed E-state index contributed by atoms with van der Waals surface area (Å²) in [6, 6.07) is 45.5. The summed E-state index contributed by atoms with van der Waals surface area (Å²) in [5.41, 5.74) is 5.94. The van der Waals surface area contributed by atoms with Crippen molar-refractivity contribution in [1.29, 1.82) is 0 Å². The lowest BCUT2D eigenvalue weighted by atomic mass is 9.99. The maximum atomic E-state index is 2.57. The highest BCUT2D eigenvalue weighted by molar-refractivity contribution is 7.97. The van der Waals surface area contributed by atoms with Crippen LogP contribution in [0.4, 0.5) is 0 Å². The van der Waals surface area contributed by atoms with E-state index in [0.29, 0.717) is 0 Å². The first-order valence-corrected chi connectivity index (χ1v) is 14.2. The molecule has 0 fully saturated rings. The van der Waals surface area contributed by atoms with E-state index in [2.05, 4.69) is 121 Å². The Morgan fingerprint density at radius 1 is 0.353 bits per heavy atom. The van der Waals surface area contributed by atoms with E-state index in [1.54, 1.807) is 0 Å². The van der Waals surface area contributed by atoms with Gasteiger partial charge in [-0.3, -0.25) is 0 Å². The van der Waals surface area contributed by atoms with Crippen molar-refractivity contribution < 1.29 is 0 Å². The normalized spacial score (nSPS) is 17.8. The van der Waals surface area contributed by atoms with Crippen LogP contribution in [0.3, 0.4) is 0 Å². The lowest BCUT2D eigenvalue weighted by Crippen LogP contribution is -2.20. The van der Waals surface area contributed by atoms with Crippen LogP contribution < -0.4 is 0 Å². The molecule has 7 rings (SSSR count). The average molecular weight is 473 g/mol. The van der Waals surface area contributed by atoms with E-state index < -0.39 is 0 Å². The van der Waals surface area contributed by atoms with Gasteiger partial charge in [-0.25, -0.2) is 0 Å². The van der Waals surface area contributed by atoms with Crippen molar-refractivity contribution in [3.63, 3.8) is 0 Å². The molecular formula is C32H24S2+2. The van der Waals surface area contributed by atoms with E-state index in [0.717, 1.165) is 12.8 Å². The highest BCUT2D eigenvalue weighted by Crippen LogP contribution is 2.46. The second-order valence-corrected chi connectivity index (χ2v) is 12.8. The first-order valence-electron chi connectivity index (χ1n) is 11.8. The third-order valence-corrected chi connectivity index (χ3v) is 11.6. The van der Waals surface area contributed by atoms with Crippen molar-refractivity contribution in [3.05, 3.63) is 144 Å². The molecule has 0 saturated carbocycles. The van der Waals surface area contributed by atoms with Crippen molar-refractivity contribution in [2.45, 2.75) is 42.2 Å². The topological polar surface area (TPSA) is 0 Å². The van der Waals surface area contributed by atoms with Crippen LogP contribution in [-0.2, 0) is 34.6 Å². The zero-order chi connectivity index (χ0) is 22.5. The zero-order valence-electron chi connectivity index (χ0n) is 18.8. The fourth-order valence-electron chi connectivity index (χ4n) is 5.27. The summed E-state index contributed by atoms with van der Waals surface area (Å²) < 4.78 is 0. The molecule has 2 aliphatic rings. The number of benzene rings is 5. The summed E-state index contributed by atoms with van der Waals surface area (Å²) >= 11 is 0. The van der Waals surface area contributed by atoms with Crippen LogP contribution in [0.1, 0.15) is 22.3 Å². The van der Waals surface area contributed by atoms with Crippen molar-refractivity contribution in [2.24, 2.45) is 0 Å². The van der Waals surface area contributed by atoms with Gasteiger partial charge in [0.2, 0.25) is 0 Å². The third kappa shape index (κ3) is 3.25. The van der Waals surface area contributed by atoms with E-state index in [1.807, 2.05) is 0 Å². The highest BCUT2D eigenvalue weighted by Gasteiger charge is 2.43. The maximum Gasteiger partial charge on any atom is 0.170 e. The van der Waals surface area contributed by atoms with Crippen LogP contribution in [0.5, 0.6) is 0 Å². The van der Waals surface area contributed by atoms with E-state index in [4.69, 9.17) is 0 Å². The molecule has 2 atom stereocenters. The fourth-order valence-corrected chi connectivity index (χ4v) is 10.2. The van der Waals surface area contributed by atoms with Gasteiger partial charge in [0.05, 0.1) is 21.8 Å². The minimum Gasteiger partial charge on any atom is -0.0619 e. The molecule has 34 heavy (non-hydrogen) atoms. The highest BCUT2D eigenvalue weighted by atomic mass is 32.2. The summed E-state index contributed by atoms with van der Waals surface area (Å²) in [5, 5.41) is 0. The van der Waals surface area contributed by atoms with E-state index in [9.17, 15) is 0 Å². The quantitative estimate of drug-likeness (QED) is 0.226. The van der Waals surface area contributed by atoms with Gasteiger partial charge in [0.15, 0.2) is 29.4 Å². The Hall–Kier alpha value is -3.20. The predicted octanol–water partition coefficient (Wildman–Crippen LogP) is 7.69. The standard InChI is InChI=1S/C32H24S2/c1-3-13-27(14-4-1)33-29-17-9-7-11-23(29)19-25-22-32-26(21-31(25)33)20-24-12-8-10-18-30(24)34(32)28-15-5-2-6-16-28/h1-18,21-22H,19-20H2/q+2. The Morgan fingerprint density at radius 2 is 0.735 bits per heavy atom. The van der Waals surface area contributed by atoms with E-state index >= 15 is 0 Å². The van der Waals surface area contributed by atoms with Gasteiger partial charge >= 0.3 is 0 Å². The average Bonchev–Trinajstić information content (AvgIpc) is 2.90. The first kappa shape index (κ1) is 20.2. The van der Waals surface area contributed by atoms with Crippen LogP contribution in [0.15, 0.2) is 151 Å². The molecule has 2 unspecified atom stereocenters. The molecule has 0 N–H and O–H groups in total. The lowest BCUT2D eigenvalue weighted by Gasteiger charge is -2.24. The summed E-state index contributed by atoms with van der Waals surface area (Å²) in [5.74, 6) is 0. The van der Waals surface area contributed by atoms with Crippen molar-refractivity contribution in [1.82, 2.24) is 0 Å². The van der Waals surface area contributed by atoms with Gasteiger partial charge in [-0.05, 0) is 36.4 Å². The molecule has 0 aliphatic carbocycles. The predicted molar refractivity (Wildman–Crippen MR) is 142 cm³/mol. The van der Waals surface area contributed by atoms with Gasteiger partial charge in [-0.15, -0.1) is 0 Å². The number of fused-ring (bicyclic) bond motifs is 4. The number of hydrogen-bond acceptors (Lipinski definition) is 0. The SMILES string of the molecule is c1ccc([S+]2c3ccccc3Cc3cc4c(cc32)Cc2ccccc2[S+]4c2ccccc2)cc1. The summed E-state index contributed by atoms with van der Waals surface area (Å²) in [6.45, 7) is 0. The van der Waals surface area contributed by atoms with Crippen LogP contribution >= 0.6 is 0 Å². The van der Waals surface area contributed by atoms with Crippen molar-refractivity contribution >= 4 is 21.8 Å². The van der Waals surface area contributed by atoms with E-state index in [1.165, 1.54) is 51.6 Å². The molecule has 0 amide bonds. The Bertz CT molecular complexity index is 1390. The summed E-state index contributed by atoms with van der Waals surface area (Å²) in [7, 11) is -0.133. The summed E-state index contributed by atoms with van der Waals surface area (Å²) in [6.07, 6.45) is 2.03. The molecule has 0 aromatic heterocycles. The molecule has 0 nitrogen and oxygen atoms in total. The monoisotopic (exact) mass is 472 g/mol. The van der Waals surface area contributed by atoms with Crippen LogP contribution in [0.25, 0.3) is 0 Å². The largest absolute Gasteiger partial charge is 0.170 e. The molecule has 0 saturated heterocycles. The molecule has 0 radical (unpaired) electrons. The summed E-state index contributed by atoms with van der Waals surface area (Å²) in [4.78, 5) is 8.82. The van der Waals surface area contributed by atoms with Crippen molar-refractivity contribution in [2.75, 3.05) is 0 Å². The second kappa shape index (κ2) is 8.23. The second-order valence-electron chi connectivity index (χ2n) is 8.88. The number of hydrogen-bond donors (Lipinski definition) is 0. The molecule has 2 aliphatic heterocycles. The molecule has 5 aromatic carbocycles. The Balaban J connectivity index is 1.46. The van der Waals surface area contributed by atoms with E-state index in [-0.39, 0.29) is 21.8 Å². The minimum absolute atomic E-state index is 0.0664. The van der Waals surface area contributed by atoms with Gasteiger partial charge < -0.3 is 0 Å². The van der Waals surface area contributed by atoms with Gasteiger partial charge in [0, 0.05) is 47.2 Å². The van der Waals surface area contributed by atoms with Crippen LogP contribution in [-0.4, -0.2) is 0 Å². The molecular weight excluding hydrogens is 448 g/mol. The molecule has 0 spiro atoms. The lowest BCUT2D eigenvalue weighted by molar-refractivity contribution is 0.968. The van der Waals surface area contributed by atoms with Crippen LogP contribution in [0, 0.1) is 0 Å². The maximum absolute atomic E-state index is 2.57. The molecule has 162 valence electrons. The van der Waals surface area contributed by atoms with Gasteiger partial charge in [-0.2, -0.15) is 0 Å². The molecule has 5 aromatic rings.